The van der Waals surface area contributed by atoms with E-state index >= 15 is 0 Å². The minimum Gasteiger partial charge on any atom is -0.463 e. The number of benzene rings is 1. The van der Waals surface area contributed by atoms with Crippen LogP contribution in [0.15, 0.2) is 35.5 Å². The van der Waals surface area contributed by atoms with E-state index in [2.05, 4.69) is 15.5 Å². The lowest BCUT2D eigenvalue weighted by atomic mass is 9.94. The number of nitrogens with one attached hydrogen (secondary N) is 2. The minimum absolute atomic E-state index is 0.279. The van der Waals surface area contributed by atoms with Gasteiger partial charge in [-0.15, -0.1) is 0 Å². The van der Waals surface area contributed by atoms with Crippen LogP contribution in [0, 0.1) is 6.92 Å². The van der Waals surface area contributed by atoms with Crippen molar-refractivity contribution in [3.05, 3.63) is 46.7 Å². The smallest absolute Gasteiger partial charge is 0.338 e. The zero-order valence-corrected chi connectivity index (χ0v) is 15.2. The van der Waals surface area contributed by atoms with Gasteiger partial charge in [0.1, 0.15) is 0 Å². The van der Waals surface area contributed by atoms with Gasteiger partial charge in [-0.05, 0) is 19.4 Å². The zero-order valence-electron chi connectivity index (χ0n) is 15.2. The van der Waals surface area contributed by atoms with Crippen LogP contribution in [-0.2, 0) is 14.3 Å². The molecule has 2 amide bonds. The molecule has 1 saturated heterocycles. The fraction of sp³-hybridized carbons (Fsp3) is 0.474. The van der Waals surface area contributed by atoms with E-state index in [1.54, 1.807) is 6.92 Å². The molecule has 1 aromatic carbocycles. The molecule has 0 aliphatic carbocycles. The van der Waals surface area contributed by atoms with Crippen LogP contribution in [0.2, 0.25) is 0 Å². The van der Waals surface area contributed by atoms with E-state index in [4.69, 9.17) is 9.47 Å². The van der Waals surface area contributed by atoms with Crippen molar-refractivity contribution in [3.63, 3.8) is 0 Å². The molecule has 0 bridgehead atoms. The van der Waals surface area contributed by atoms with Crippen LogP contribution in [-0.4, -0.2) is 56.4 Å². The summed E-state index contributed by atoms with van der Waals surface area (Å²) < 4.78 is 10.7. The molecule has 1 aromatic rings. The van der Waals surface area contributed by atoms with E-state index in [-0.39, 0.29) is 12.6 Å². The first-order chi connectivity index (χ1) is 12.6. The molecule has 140 valence electrons. The summed E-state index contributed by atoms with van der Waals surface area (Å²) in [5, 5.41) is 5.67. The maximum absolute atomic E-state index is 12.7. The molecular formula is C19H25N3O4. The lowest BCUT2D eigenvalue weighted by molar-refractivity contribution is -0.139. The normalized spacial score (nSPS) is 21.2. The van der Waals surface area contributed by atoms with Gasteiger partial charge in [0.15, 0.2) is 0 Å². The summed E-state index contributed by atoms with van der Waals surface area (Å²) in [5.41, 5.74) is 3.03. The lowest BCUT2D eigenvalue weighted by Crippen LogP contribution is -2.49. The standard InChI is InChI=1S/C19H25N3O4/c1-3-26-18(23)16-15(12-22-8-10-25-11-9-22)20-19(24)21-17(16)14-6-4-13(2)5-7-14/h4-7,17H,3,8-12H2,1-2H3,(H2,20,21,24)/t17-/m0/s1. The predicted octanol–water partition coefficient (Wildman–Crippen LogP) is 1.50. The summed E-state index contributed by atoms with van der Waals surface area (Å²) >= 11 is 0. The van der Waals surface area contributed by atoms with Gasteiger partial charge in [0.2, 0.25) is 0 Å². The Bertz CT molecular complexity index is 693. The number of esters is 1. The van der Waals surface area contributed by atoms with Gasteiger partial charge in [-0.2, -0.15) is 0 Å². The molecule has 3 rings (SSSR count). The van der Waals surface area contributed by atoms with E-state index in [0.29, 0.717) is 31.0 Å². The van der Waals surface area contributed by atoms with Crippen LogP contribution in [0.1, 0.15) is 24.1 Å². The summed E-state index contributed by atoms with van der Waals surface area (Å²) in [4.78, 5) is 27.1. The summed E-state index contributed by atoms with van der Waals surface area (Å²) in [6.07, 6.45) is 0. The van der Waals surface area contributed by atoms with Crippen molar-refractivity contribution >= 4 is 12.0 Å². The van der Waals surface area contributed by atoms with Crippen molar-refractivity contribution in [3.8, 4) is 0 Å². The van der Waals surface area contributed by atoms with Crippen molar-refractivity contribution in [1.82, 2.24) is 15.5 Å². The minimum atomic E-state index is -0.528. The maximum Gasteiger partial charge on any atom is 0.338 e. The molecule has 1 fully saturated rings. The second-order valence-corrected chi connectivity index (χ2v) is 6.44. The number of amides is 2. The van der Waals surface area contributed by atoms with Crippen molar-refractivity contribution in [2.45, 2.75) is 19.9 Å². The van der Waals surface area contributed by atoms with Gasteiger partial charge in [-0.1, -0.05) is 29.8 Å². The number of carbonyl (C=O) groups excluding carboxylic acids is 2. The summed E-state index contributed by atoms with van der Waals surface area (Å²) in [6, 6.07) is 6.95. The Kier molecular flexibility index (Phi) is 5.90. The number of ether oxygens (including phenoxy) is 2. The summed E-state index contributed by atoms with van der Waals surface area (Å²) in [6.45, 7) is 7.35. The Morgan fingerprint density at radius 3 is 2.62 bits per heavy atom. The van der Waals surface area contributed by atoms with E-state index in [9.17, 15) is 9.59 Å². The van der Waals surface area contributed by atoms with Crippen molar-refractivity contribution in [1.29, 1.82) is 0 Å². The zero-order chi connectivity index (χ0) is 18.5. The Labute approximate surface area is 153 Å². The Hall–Kier alpha value is -2.38. The third-order valence-corrected chi connectivity index (χ3v) is 4.55. The number of aryl methyl sites for hydroxylation is 1. The molecule has 1 atom stereocenters. The van der Waals surface area contributed by atoms with Gasteiger partial charge >= 0.3 is 12.0 Å². The molecule has 0 unspecified atom stereocenters. The Balaban J connectivity index is 1.96. The monoisotopic (exact) mass is 359 g/mol. The van der Waals surface area contributed by atoms with E-state index in [1.807, 2.05) is 31.2 Å². The third-order valence-electron chi connectivity index (χ3n) is 4.55. The van der Waals surface area contributed by atoms with Crippen LogP contribution in [0.25, 0.3) is 0 Å². The highest BCUT2D eigenvalue weighted by molar-refractivity contribution is 5.95. The highest BCUT2D eigenvalue weighted by Crippen LogP contribution is 2.28. The Morgan fingerprint density at radius 2 is 1.96 bits per heavy atom. The molecule has 2 aliphatic heterocycles. The molecule has 0 saturated carbocycles. The third kappa shape index (κ3) is 4.23. The molecule has 7 nitrogen and oxygen atoms in total. The van der Waals surface area contributed by atoms with E-state index < -0.39 is 12.0 Å². The van der Waals surface area contributed by atoms with Gasteiger partial charge in [0.05, 0.1) is 31.4 Å². The van der Waals surface area contributed by atoms with Crippen LogP contribution < -0.4 is 10.6 Å². The highest BCUT2D eigenvalue weighted by atomic mass is 16.5. The fourth-order valence-corrected chi connectivity index (χ4v) is 3.18. The number of rotatable bonds is 5. The number of morpholine rings is 1. The van der Waals surface area contributed by atoms with Crippen LogP contribution >= 0.6 is 0 Å². The molecular weight excluding hydrogens is 334 g/mol. The van der Waals surface area contributed by atoms with Crippen LogP contribution in [0.3, 0.4) is 0 Å². The number of hydrogen-bond donors (Lipinski definition) is 2. The molecule has 0 aromatic heterocycles. The van der Waals surface area contributed by atoms with E-state index in [1.165, 1.54) is 0 Å². The number of carbonyl (C=O) groups is 2. The SMILES string of the molecule is CCOC(=O)C1=C(CN2CCOCC2)NC(=O)N[C@H]1c1ccc(C)cc1. The van der Waals surface area contributed by atoms with Crippen molar-refractivity contribution in [2.24, 2.45) is 0 Å². The quantitative estimate of drug-likeness (QED) is 0.779. The van der Waals surface area contributed by atoms with Gasteiger partial charge in [-0.25, -0.2) is 9.59 Å². The van der Waals surface area contributed by atoms with Gasteiger partial charge in [0.25, 0.3) is 0 Å². The summed E-state index contributed by atoms with van der Waals surface area (Å²) in [5.74, 6) is -0.408. The number of hydrogen-bond acceptors (Lipinski definition) is 5. The number of urea groups is 1. The second-order valence-electron chi connectivity index (χ2n) is 6.44. The largest absolute Gasteiger partial charge is 0.463 e. The average Bonchev–Trinajstić information content (AvgIpc) is 2.63. The highest BCUT2D eigenvalue weighted by Gasteiger charge is 2.34. The van der Waals surface area contributed by atoms with Gasteiger partial charge in [0, 0.05) is 25.3 Å². The average molecular weight is 359 g/mol. The van der Waals surface area contributed by atoms with Crippen molar-refractivity contribution < 1.29 is 19.1 Å². The second kappa shape index (κ2) is 8.33. The number of nitrogens with zero attached hydrogens (tertiary/aromatic N) is 1. The Morgan fingerprint density at radius 1 is 1.27 bits per heavy atom. The van der Waals surface area contributed by atoms with E-state index in [0.717, 1.165) is 24.2 Å². The summed E-state index contributed by atoms with van der Waals surface area (Å²) in [7, 11) is 0. The molecule has 2 aliphatic rings. The first-order valence-electron chi connectivity index (χ1n) is 8.93. The topological polar surface area (TPSA) is 79.9 Å². The molecule has 0 radical (unpaired) electrons. The molecule has 26 heavy (non-hydrogen) atoms. The molecule has 2 N–H and O–H groups in total. The van der Waals surface area contributed by atoms with Gasteiger partial charge in [-0.3, -0.25) is 4.90 Å². The van der Waals surface area contributed by atoms with Crippen LogP contribution in [0.5, 0.6) is 0 Å². The lowest BCUT2D eigenvalue weighted by Gasteiger charge is -2.33. The molecule has 0 spiro atoms. The first kappa shape index (κ1) is 18.4. The van der Waals surface area contributed by atoms with Gasteiger partial charge < -0.3 is 20.1 Å². The fourth-order valence-electron chi connectivity index (χ4n) is 3.18. The molecule has 7 heteroatoms. The van der Waals surface area contributed by atoms with Crippen LogP contribution in [0.4, 0.5) is 4.79 Å². The molecule has 2 heterocycles. The van der Waals surface area contributed by atoms with Crippen molar-refractivity contribution in [2.75, 3.05) is 39.5 Å². The maximum atomic E-state index is 12.7. The first-order valence-corrected chi connectivity index (χ1v) is 8.93. The predicted molar refractivity (Wildman–Crippen MR) is 96.5 cm³/mol.